The summed E-state index contributed by atoms with van der Waals surface area (Å²) in [5, 5.41) is 5.43. The van der Waals surface area contributed by atoms with Gasteiger partial charge in [0.25, 0.3) is 5.91 Å². The molecule has 1 amide bonds. The van der Waals surface area contributed by atoms with Gasteiger partial charge in [-0.25, -0.2) is 4.98 Å². The Bertz CT molecular complexity index is 795. The number of nitrogens with one attached hydrogen (secondary N) is 1. The van der Waals surface area contributed by atoms with Crippen molar-refractivity contribution in [3.8, 4) is 10.6 Å². The fourth-order valence-electron chi connectivity index (χ4n) is 2.15. The minimum absolute atomic E-state index is 0.200. The van der Waals surface area contributed by atoms with Crippen LogP contribution in [-0.4, -0.2) is 15.9 Å². The molecule has 0 aliphatic heterocycles. The number of amides is 1. The second-order valence-electron chi connectivity index (χ2n) is 5.51. The first-order chi connectivity index (χ1) is 11.1. The lowest BCUT2D eigenvalue weighted by Crippen LogP contribution is -2.12. The van der Waals surface area contributed by atoms with Crippen LogP contribution in [0.3, 0.4) is 0 Å². The summed E-state index contributed by atoms with van der Waals surface area (Å²) in [4.78, 5) is 20.8. The summed E-state index contributed by atoms with van der Waals surface area (Å²) in [7, 11) is 0. The van der Waals surface area contributed by atoms with Gasteiger partial charge >= 0.3 is 0 Å². The summed E-state index contributed by atoms with van der Waals surface area (Å²) in [6.07, 6.45) is 3.46. The number of rotatable bonds is 4. The van der Waals surface area contributed by atoms with Crippen LogP contribution in [0.1, 0.15) is 35.8 Å². The molecule has 2 aromatic heterocycles. The van der Waals surface area contributed by atoms with E-state index in [1.165, 1.54) is 16.9 Å². The fourth-order valence-corrected chi connectivity index (χ4v) is 2.94. The van der Waals surface area contributed by atoms with Gasteiger partial charge in [-0.05, 0) is 35.7 Å². The minimum Gasteiger partial charge on any atom is -0.321 e. The molecule has 116 valence electrons. The van der Waals surface area contributed by atoms with Gasteiger partial charge in [0.2, 0.25) is 0 Å². The summed E-state index contributed by atoms with van der Waals surface area (Å²) < 4.78 is 0. The molecule has 3 aromatic rings. The lowest BCUT2D eigenvalue weighted by molar-refractivity contribution is 0.102. The van der Waals surface area contributed by atoms with E-state index in [1.54, 1.807) is 17.8 Å². The molecule has 0 saturated carbocycles. The fraction of sp³-hybridized carbons (Fsp3) is 0.167. The van der Waals surface area contributed by atoms with Crippen LogP contribution in [0.5, 0.6) is 0 Å². The molecular formula is C18H17N3OS. The van der Waals surface area contributed by atoms with E-state index in [4.69, 9.17) is 0 Å². The molecule has 4 nitrogen and oxygen atoms in total. The highest BCUT2D eigenvalue weighted by Gasteiger charge is 2.12. The van der Waals surface area contributed by atoms with Gasteiger partial charge in [-0.2, -0.15) is 0 Å². The summed E-state index contributed by atoms with van der Waals surface area (Å²) in [5.41, 5.74) is 3.35. The highest BCUT2D eigenvalue weighted by Crippen LogP contribution is 2.23. The minimum atomic E-state index is -0.200. The van der Waals surface area contributed by atoms with Gasteiger partial charge in [0.1, 0.15) is 10.7 Å². The third kappa shape index (κ3) is 3.63. The van der Waals surface area contributed by atoms with Crippen LogP contribution in [0.25, 0.3) is 10.6 Å². The molecule has 3 rings (SSSR count). The molecular weight excluding hydrogens is 306 g/mol. The number of thiazole rings is 1. The molecule has 5 heteroatoms. The Kier molecular flexibility index (Phi) is 4.48. The smallest absolute Gasteiger partial charge is 0.275 e. The lowest BCUT2D eigenvalue weighted by atomic mass is 10.0. The van der Waals surface area contributed by atoms with Crippen molar-refractivity contribution in [2.45, 2.75) is 19.8 Å². The van der Waals surface area contributed by atoms with Crippen molar-refractivity contribution >= 4 is 22.9 Å². The zero-order valence-corrected chi connectivity index (χ0v) is 13.8. The maximum atomic E-state index is 12.3. The number of hydrogen-bond donors (Lipinski definition) is 1. The number of benzene rings is 1. The molecule has 0 radical (unpaired) electrons. The van der Waals surface area contributed by atoms with E-state index in [-0.39, 0.29) is 5.91 Å². The Labute approximate surface area is 139 Å². The van der Waals surface area contributed by atoms with Crippen molar-refractivity contribution in [2.75, 3.05) is 5.32 Å². The van der Waals surface area contributed by atoms with E-state index in [2.05, 4.69) is 29.1 Å². The third-order valence-corrected chi connectivity index (χ3v) is 4.37. The second-order valence-corrected chi connectivity index (χ2v) is 6.37. The topological polar surface area (TPSA) is 54.9 Å². The molecule has 0 atom stereocenters. The molecule has 0 spiro atoms. The van der Waals surface area contributed by atoms with Crippen LogP contribution in [0.2, 0.25) is 0 Å². The Hall–Kier alpha value is -2.53. The van der Waals surface area contributed by atoms with Crippen LogP contribution in [0.15, 0.2) is 54.2 Å². The van der Waals surface area contributed by atoms with Crippen molar-refractivity contribution in [2.24, 2.45) is 0 Å². The predicted molar refractivity (Wildman–Crippen MR) is 93.8 cm³/mol. The van der Waals surface area contributed by atoms with E-state index in [9.17, 15) is 4.79 Å². The molecule has 0 saturated heterocycles. The zero-order chi connectivity index (χ0) is 16.2. The van der Waals surface area contributed by atoms with Crippen molar-refractivity contribution in [3.05, 3.63) is 65.4 Å². The molecule has 0 aliphatic rings. The van der Waals surface area contributed by atoms with E-state index in [1.807, 2.05) is 36.4 Å². The maximum absolute atomic E-state index is 12.3. The number of hydrogen-bond acceptors (Lipinski definition) is 4. The number of pyridine rings is 1. The van der Waals surface area contributed by atoms with Crippen molar-refractivity contribution < 1.29 is 4.79 Å². The Balaban J connectivity index is 1.72. The number of aromatic nitrogens is 2. The summed E-state index contributed by atoms with van der Waals surface area (Å²) in [6, 6.07) is 11.7. The average Bonchev–Trinajstić information content (AvgIpc) is 3.06. The zero-order valence-electron chi connectivity index (χ0n) is 13.0. The quantitative estimate of drug-likeness (QED) is 0.764. The van der Waals surface area contributed by atoms with E-state index < -0.39 is 0 Å². The van der Waals surface area contributed by atoms with Gasteiger partial charge in [-0.3, -0.25) is 9.78 Å². The molecule has 23 heavy (non-hydrogen) atoms. The summed E-state index contributed by atoms with van der Waals surface area (Å²) in [6.45, 7) is 4.28. The molecule has 1 N–H and O–H groups in total. The first-order valence-corrected chi connectivity index (χ1v) is 8.28. The SMILES string of the molecule is CC(C)c1ccc(NC(=O)c2csc(-c3cccnc3)n2)cc1. The number of nitrogens with zero attached hydrogens (tertiary/aromatic N) is 2. The van der Waals surface area contributed by atoms with Crippen molar-refractivity contribution in [3.63, 3.8) is 0 Å². The summed E-state index contributed by atoms with van der Waals surface area (Å²) >= 11 is 1.44. The Morgan fingerprint density at radius 2 is 1.96 bits per heavy atom. The third-order valence-electron chi connectivity index (χ3n) is 3.48. The van der Waals surface area contributed by atoms with Crippen LogP contribution in [-0.2, 0) is 0 Å². The first-order valence-electron chi connectivity index (χ1n) is 7.40. The number of anilines is 1. The molecule has 2 heterocycles. The molecule has 1 aromatic carbocycles. The standard InChI is InChI=1S/C18H17N3OS/c1-12(2)13-5-7-15(8-6-13)20-17(22)16-11-23-18(21-16)14-4-3-9-19-10-14/h3-12H,1-2H3,(H,20,22). The van der Waals surface area contributed by atoms with Crippen LogP contribution >= 0.6 is 11.3 Å². The monoisotopic (exact) mass is 323 g/mol. The Morgan fingerprint density at radius 1 is 1.17 bits per heavy atom. The summed E-state index contributed by atoms with van der Waals surface area (Å²) in [5.74, 6) is 0.272. The normalized spacial score (nSPS) is 10.7. The van der Waals surface area contributed by atoms with Gasteiger partial charge in [-0.15, -0.1) is 11.3 Å². The van der Waals surface area contributed by atoms with Crippen LogP contribution in [0.4, 0.5) is 5.69 Å². The predicted octanol–water partition coefficient (Wildman–Crippen LogP) is 4.58. The average molecular weight is 323 g/mol. The van der Waals surface area contributed by atoms with Gasteiger partial charge in [0.05, 0.1) is 0 Å². The van der Waals surface area contributed by atoms with Gasteiger partial charge in [0.15, 0.2) is 0 Å². The van der Waals surface area contributed by atoms with Crippen LogP contribution in [0, 0.1) is 0 Å². The van der Waals surface area contributed by atoms with E-state index >= 15 is 0 Å². The molecule has 0 bridgehead atoms. The second kappa shape index (κ2) is 6.71. The molecule has 0 fully saturated rings. The highest BCUT2D eigenvalue weighted by molar-refractivity contribution is 7.13. The number of carbonyl (C=O) groups excluding carboxylic acids is 1. The molecule has 0 aliphatic carbocycles. The maximum Gasteiger partial charge on any atom is 0.275 e. The lowest BCUT2D eigenvalue weighted by Gasteiger charge is -2.07. The Morgan fingerprint density at radius 3 is 2.61 bits per heavy atom. The van der Waals surface area contributed by atoms with E-state index in [0.29, 0.717) is 11.6 Å². The van der Waals surface area contributed by atoms with Crippen molar-refractivity contribution in [1.82, 2.24) is 9.97 Å². The van der Waals surface area contributed by atoms with Crippen molar-refractivity contribution in [1.29, 1.82) is 0 Å². The van der Waals surface area contributed by atoms with Gasteiger partial charge in [-0.1, -0.05) is 26.0 Å². The number of carbonyl (C=O) groups is 1. The van der Waals surface area contributed by atoms with E-state index in [0.717, 1.165) is 16.3 Å². The first kappa shape index (κ1) is 15.4. The molecule has 0 unspecified atom stereocenters. The highest BCUT2D eigenvalue weighted by atomic mass is 32.1. The van der Waals surface area contributed by atoms with Crippen LogP contribution < -0.4 is 5.32 Å². The largest absolute Gasteiger partial charge is 0.321 e. The van der Waals surface area contributed by atoms with Gasteiger partial charge in [0, 0.05) is 29.0 Å². The van der Waals surface area contributed by atoms with Gasteiger partial charge < -0.3 is 5.32 Å².